The maximum absolute atomic E-state index is 3.46. The fourth-order valence-electron chi connectivity index (χ4n) is 3.81. The van der Waals surface area contributed by atoms with Gasteiger partial charge in [-0.3, -0.25) is 9.80 Å². The summed E-state index contributed by atoms with van der Waals surface area (Å²) in [5.74, 6) is 0. The summed E-state index contributed by atoms with van der Waals surface area (Å²) in [6.45, 7) is 8.98. The highest BCUT2D eigenvalue weighted by Gasteiger charge is 2.43. The number of hydrogen-bond acceptors (Lipinski definition) is 3. The third-order valence-electron chi connectivity index (χ3n) is 5.04. The SMILES string of the molecule is C1CCN(C2(CN3CCNCC3)CCC2)CC1. The third kappa shape index (κ3) is 2.51. The first-order valence-electron chi connectivity index (χ1n) is 7.57. The quantitative estimate of drug-likeness (QED) is 0.798. The van der Waals surface area contributed by atoms with E-state index in [1.807, 2.05) is 0 Å². The van der Waals surface area contributed by atoms with E-state index in [0.717, 1.165) is 0 Å². The molecule has 0 spiro atoms. The predicted molar refractivity (Wildman–Crippen MR) is 71.3 cm³/mol. The van der Waals surface area contributed by atoms with Crippen molar-refractivity contribution in [1.29, 1.82) is 0 Å². The Hall–Kier alpha value is -0.120. The Morgan fingerprint density at radius 2 is 1.53 bits per heavy atom. The highest BCUT2D eigenvalue weighted by atomic mass is 15.3. The molecule has 1 saturated carbocycles. The van der Waals surface area contributed by atoms with Gasteiger partial charge in [0.2, 0.25) is 0 Å². The van der Waals surface area contributed by atoms with E-state index in [1.165, 1.54) is 84.3 Å². The van der Waals surface area contributed by atoms with Crippen LogP contribution in [-0.2, 0) is 0 Å². The molecule has 0 radical (unpaired) electrons. The van der Waals surface area contributed by atoms with Crippen molar-refractivity contribution in [1.82, 2.24) is 15.1 Å². The Morgan fingerprint density at radius 1 is 0.824 bits per heavy atom. The van der Waals surface area contributed by atoms with Crippen LogP contribution < -0.4 is 5.32 Å². The number of rotatable bonds is 3. The molecule has 17 heavy (non-hydrogen) atoms. The molecule has 0 unspecified atom stereocenters. The van der Waals surface area contributed by atoms with Gasteiger partial charge in [0.25, 0.3) is 0 Å². The van der Waals surface area contributed by atoms with Crippen molar-refractivity contribution < 1.29 is 0 Å². The summed E-state index contributed by atoms with van der Waals surface area (Å²) < 4.78 is 0. The molecule has 3 aliphatic rings. The molecule has 0 atom stereocenters. The van der Waals surface area contributed by atoms with Crippen molar-refractivity contribution >= 4 is 0 Å². The fourth-order valence-corrected chi connectivity index (χ4v) is 3.81. The molecule has 2 heterocycles. The maximum Gasteiger partial charge on any atom is 0.0336 e. The summed E-state index contributed by atoms with van der Waals surface area (Å²) in [5, 5.41) is 3.46. The van der Waals surface area contributed by atoms with Crippen LogP contribution in [0.4, 0.5) is 0 Å². The molecular weight excluding hydrogens is 210 g/mol. The van der Waals surface area contributed by atoms with Crippen molar-refractivity contribution in [2.75, 3.05) is 45.8 Å². The van der Waals surface area contributed by atoms with Gasteiger partial charge in [-0.15, -0.1) is 0 Å². The van der Waals surface area contributed by atoms with E-state index in [9.17, 15) is 0 Å². The average molecular weight is 237 g/mol. The zero-order valence-electron chi connectivity index (χ0n) is 11.1. The van der Waals surface area contributed by atoms with Gasteiger partial charge in [0.15, 0.2) is 0 Å². The minimum absolute atomic E-state index is 0.581. The van der Waals surface area contributed by atoms with Crippen molar-refractivity contribution in [2.45, 2.75) is 44.1 Å². The van der Waals surface area contributed by atoms with Crippen LogP contribution in [0.15, 0.2) is 0 Å². The van der Waals surface area contributed by atoms with Gasteiger partial charge < -0.3 is 5.32 Å². The van der Waals surface area contributed by atoms with Crippen LogP contribution in [-0.4, -0.2) is 61.2 Å². The predicted octanol–water partition coefficient (Wildman–Crippen LogP) is 1.30. The number of nitrogens with zero attached hydrogens (tertiary/aromatic N) is 2. The van der Waals surface area contributed by atoms with Crippen molar-refractivity contribution in [2.24, 2.45) is 0 Å². The number of piperazine rings is 1. The smallest absolute Gasteiger partial charge is 0.0336 e. The largest absolute Gasteiger partial charge is 0.314 e. The fraction of sp³-hybridized carbons (Fsp3) is 1.00. The topological polar surface area (TPSA) is 18.5 Å². The Bertz CT molecular complexity index is 238. The molecule has 0 amide bonds. The monoisotopic (exact) mass is 237 g/mol. The van der Waals surface area contributed by atoms with Crippen LogP contribution >= 0.6 is 0 Å². The zero-order valence-corrected chi connectivity index (χ0v) is 11.1. The molecule has 3 rings (SSSR count). The molecule has 0 aromatic heterocycles. The van der Waals surface area contributed by atoms with Crippen molar-refractivity contribution in [3.8, 4) is 0 Å². The second-order valence-corrected chi connectivity index (χ2v) is 6.15. The minimum atomic E-state index is 0.581. The highest BCUT2D eigenvalue weighted by Crippen LogP contribution is 2.39. The lowest BCUT2D eigenvalue weighted by Gasteiger charge is -2.54. The maximum atomic E-state index is 3.46. The molecule has 3 nitrogen and oxygen atoms in total. The summed E-state index contributed by atoms with van der Waals surface area (Å²) in [5.41, 5.74) is 0.581. The van der Waals surface area contributed by atoms with E-state index in [2.05, 4.69) is 15.1 Å². The molecule has 3 heteroatoms. The summed E-state index contributed by atoms with van der Waals surface area (Å²) in [7, 11) is 0. The van der Waals surface area contributed by atoms with E-state index >= 15 is 0 Å². The first-order valence-corrected chi connectivity index (χ1v) is 7.57. The molecule has 2 saturated heterocycles. The number of hydrogen-bond donors (Lipinski definition) is 1. The second kappa shape index (κ2) is 5.25. The summed E-state index contributed by atoms with van der Waals surface area (Å²) in [4.78, 5) is 5.53. The van der Waals surface area contributed by atoms with Crippen molar-refractivity contribution in [3.63, 3.8) is 0 Å². The molecule has 0 bridgehead atoms. The van der Waals surface area contributed by atoms with E-state index < -0.39 is 0 Å². The molecule has 1 N–H and O–H groups in total. The zero-order chi connectivity index (χ0) is 11.6. The first kappa shape index (κ1) is 11.9. The number of piperidine rings is 1. The lowest BCUT2D eigenvalue weighted by atomic mass is 9.74. The number of likely N-dealkylation sites (tertiary alicyclic amines) is 1. The summed E-state index contributed by atoms with van der Waals surface area (Å²) in [6.07, 6.45) is 8.70. The van der Waals surface area contributed by atoms with Gasteiger partial charge >= 0.3 is 0 Å². The summed E-state index contributed by atoms with van der Waals surface area (Å²) in [6, 6.07) is 0. The molecule has 0 aromatic carbocycles. The van der Waals surface area contributed by atoms with Gasteiger partial charge in [0, 0.05) is 38.3 Å². The van der Waals surface area contributed by atoms with E-state index in [0.29, 0.717) is 5.54 Å². The van der Waals surface area contributed by atoms with E-state index in [-0.39, 0.29) is 0 Å². The average Bonchev–Trinajstić information content (AvgIpc) is 2.36. The second-order valence-electron chi connectivity index (χ2n) is 6.15. The van der Waals surface area contributed by atoms with Gasteiger partial charge in [-0.25, -0.2) is 0 Å². The molecule has 98 valence electrons. The van der Waals surface area contributed by atoms with E-state index in [1.54, 1.807) is 0 Å². The Labute approximate surface area is 106 Å². The lowest BCUT2D eigenvalue weighted by molar-refractivity contribution is -0.0265. The Balaban J connectivity index is 1.60. The van der Waals surface area contributed by atoms with Crippen LogP contribution in [0.5, 0.6) is 0 Å². The van der Waals surface area contributed by atoms with E-state index in [4.69, 9.17) is 0 Å². The van der Waals surface area contributed by atoms with Crippen LogP contribution in [0.3, 0.4) is 0 Å². The third-order valence-corrected chi connectivity index (χ3v) is 5.04. The molecule has 2 aliphatic heterocycles. The normalized spacial score (nSPS) is 31.1. The van der Waals surface area contributed by atoms with Gasteiger partial charge in [-0.05, 0) is 45.2 Å². The molecule has 0 aromatic rings. The van der Waals surface area contributed by atoms with Gasteiger partial charge in [0.1, 0.15) is 0 Å². The van der Waals surface area contributed by atoms with Crippen LogP contribution in [0.2, 0.25) is 0 Å². The molecule has 3 fully saturated rings. The number of nitrogens with one attached hydrogen (secondary N) is 1. The lowest BCUT2D eigenvalue weighted by Crippen LogP contribution is -2.62. The van der Waals surface area contributed by atoms with Gasteiger partial charge in [-0.2, -0.15) is 0 Å². The van der Waals surface area contributed by atoms with Gasteiger partial charge in [-0.1, -0.05) is 6.42 Å². The minimum Gasteiger partial charge on any atom is -0.314 e. The van der Waals surface area contributed by atoms with Gasteiger partial charge in [0.05, 0.1) is 0 Å². The Morgan fingerprint density at radius 3 is 2.12 bits per heavy atom. The van der Waals surface area contributed by atoms with Crippen LogP contribution in [0.25, 0.3) is 0 Å². The Kier molecular flexibility index (Phi) is 3.69. The molecule has 1 aliphatic carbocycles. The van der Waals surface area contributed by atoms with Crippen LogP contribution in [0, 0.1) is 0 Å². The molecular formula is C14H27N3. The summed E-state index contributed by atoms with van der Waals surface area (Å²) >= 11 is 0. The van der Waals surface area contributed by atoms with Crippen molar-refractivity contribution in [3.05, 3.63) is 0 Å². The highest BCUT2D eigenvalue weighted by molar-refractivity contribution is 5.01. The standard InChI is InChI=1S/C14H27N3/c1-2-9-17(10-3-1)14(5-4-6-14)13-16-11-7-15-8-12-16/h15H,1-13H2. The first-order chi connectivity index (χ1) is 8.39. The van der Waals surface area contributed by atoms with Crippen LogP contribution in [0.1, 0.15) is 38.5 Å².